The van der Waals surface area contributed by atoms with Crippen LogP contribution in [-0.4, -0.2) is 12.5 Å². The number of nitriles is 1. The predicted molar refractivity (Wildman–Crippen MR) is 152 cm³/mol. The number of hydrogen-bond acceptors (Lipinski definition) is 4. The van der Waals surface area contributed by atoms with Gasteiger partial charge in [-0.1, -0.05) is 48.5 Å². The molecule has 37 heavy (non-hydrogen) atoms. The highest BCUT2D eigenvalue weighted by atomic mass is 79.9. The summed E-state index contributed by atoms with van der Waals surface area (Å²) in [6, 6.07) is 25.4. The number of aryl methyl sites for hydroxylation is 2. The highest BCUT2D eigenvalue weighted by Gasteiger charge is 2.16. The summed E-state index contributed by atoms with van der Waals surface area (Å²) in [4.78, 5) is 12.8. The minimum absolute atomic E-state index is 0.0177. The van der Waals surface area contributed by atoms with E-state index in [0.717, 1.165) is 27.5 Å². The maximum Gasteiger partial charge on any atom is 0.266 e. The second-order valence-corrected chi connectivity index (χ2v) is 9.48. The largest absolute Gasteiger partial charge is 0.490 e. The van der Waals surface area contributed by atoms with Crippen molar-refractivity contribution < 1.29 is 14.3 Å². The standard InChI is InChI=1S/C31H27BrN2O3/c1-4-36-29-17-22(15-24(18-33)31(35)34-25-10-7-8-20(2)14-25)16-28(32)30(29)37-19-27-21(3)12-13-23-9-5-6-11-26(23)27/h5-17H,4,19H2,1-3H3,(H,34,35)/b24-15+. The van der Waals surface area contributed by atoms with Gasteiger partial charge in [-0.05, 0) is 94.5 Å². The first-order valence-corrected chi connectivity index (χ1v) is 12.7. The summed E-state index contributed by atoms with van der Waals surface area (Å²) in [5, 5.41) is 14.7. The van der Waals surface area contributed by atoms with E-state index in [1.165, 1.54) is 6.08 Å². The van der Waals surface area contributed by atoms with E-state index >= 15 is 0 Å². The highest BCUT2D eigenvalue weighted by molar-refractivity contribution is 9.10. The average Bonchev–Trinajstić information content (AvgIpc) is 2.88. The fraction of sp³-hybridized carbons (Fsp3) is 0.161. The summed E-state index contributed by atoms with van der Waals surface area (Å²) < 4.78 is 12.8. The van der Waals surface area contributed by atoms with Crippen LogP contribution in [0.1, 0.15) is 29.2 Å². The van der Waals surface area contributed by atoms with E-state index in [2.05, 4.69) is 52.4 Å². The Morgan fingerprint density at radius 1 is 1.03 bits per heavy atom. The number of benzene rings is 4. The third kappa shape index (κ3) is 6.19. The monoisotopic (exact) mass is 554 g/mol. The third-order valence-electron chi connectivity index (χ3n) is 5.92. The summed E-state index contributed by atoms with van der Waals surface area (Å²) in [7, 11) is 0. The molecule has 0 saturated heterocycles. The van der Waals surface area contributed by atoms with Gasteiger partial charge in [0.25, 0.3) is 5.91 Å². The molecule has 0 aliphatic heterocycles. The number of carbonyl (C=O) groups is 1. The summed E-state index contributed by atoms with van der Waals surface area (Å²) in [6.45, 7) is 6.70. The van der Waals surface area contributed by atoms with Crippen LogP contribution >= 0.6 is 15.9 Å². The Hall–Kier alpha value is -4.08. The van der Waals surface area contributed by atoms with E-state index in [4.69, 9.17) is 9.47 Å². The number of anilines is 1. The number of rotatable bonds is 8. The number of ether oxygens (including phenoxy) is 2. The number of nitrogens with one attached hydrogen (secondary N) is 1. The van der Waals surface area contributed by atoms with Crippen LogP contribution in [0.4, 0.5) is 5.69 Å². The minimum atomic E-state index is -0.478. The number of hydrogen-bond donors (Lipinski definition) is 1. The maximum atomic E-state index is 12.8. The molecular formula is C31H27BrN2O3. The molecule has 4 aromatic carbocycles. The van der Waals surface area contributed by atoms with E-state index in [1.54, 1.807) is 12.1 Å². The van der Waals surface area contributed by atoms with Crippen LogP contribution in [0, 0.1) is 25.2 Å². The molecule has 0 radical (unpaired) electrons. The minimum Gasteiger partial charge on any atom is -0.490 e. The Morgan fingerprint density at radius 3 is 2.59 bits per heavy atom. The smallest absolute Gasteiger partial charge is 0.266 e. The lowest BCUT2D eigenvalue weighted by molar-refractivity contribution is -0.112. The molecule has 1 amide bonds. The quantitative estimate of drug-likeness (QED) is 0.178. The molecule has 0 unspecified atom stereocenters. The molecule has 0 spiro atoms. The highest BCUT2D eigenvalue weighted by Crippen LogP contribution is 2.38. The van der Waals surface area contributed by atoms with Gasteiger partial charge in [-0.3, -0.25) is 4.79 Å². The molecule has 6 heteroatoms. The molecule has 0 bridgehead atoms. The summed E-state index contributed by atoms with van der Waals surface area (Å²) >= 11 is 3.60. The SMILES string of the molecule is CCOc1cc(/C=C(\C#N)C(=O)Nc2cccc(C)c2)cc(Br)c1OCc1c(C)ccc2ccccc12. The first kappa shape index (κ1) is 26.0. The molecule has 0 saturated carbocycles. The van der Waals surface area contributed by atoms with Crippen molar-refractivity contribution in [1.29, 1.82) is 5.26 Å². The summed E-state index contributed by atoms with van der Waals surface area (Å²) in [5.41, 5.74) is 4.52. The molecule has 4 aromatic rings. The number of amides is 1. The zero-order valence-corrected chi connectivity index (χ0v) is 22.6. The van der Waals surface area contributed by atoms with Crippen molar-refractivity contribution in [2.75, 3.05) is 11.9 Å². The van der Waals surface area contributed by atoms with Crippen molar-refractivity contribution in [2.24, 2.45) is 0 Å². The molecule has 1 N–H and O–H groups in total. The zero-order valence-electron chi connectivity index (χ0n) is 21.0. The second kappa shape index (κ2) is 11.8. The van der Waals surface area contributed by atoms with Gasteiger partial charge in [0.05, 0.1) is 11.1 Å². The molecule has 0 aromatic heterocycles. The van der Waals surface area contributed by atoms with E-state index in [0.29, 0.717) is 40.4 Å². The van der Waals surface area contributed by atoms with Crippen LogP contribution in [-0.2, 0) is 11.4 Å². The first-order valence-electron chi connectivity index (χ1n) is 12.0. The Labute approximate surface area is 225 Å². The topological polar surface area (TPSA) is 71.3 Å². The number of carbonyl (C=O) groups excluding carboxylic acids is 1. The van der Waals surface area contributed by atoms with E-state index in [-0.39, 0.29) is 5.57 Å². The van der Waals surface area contributed by atoms with Crippen molar-refractivity contribution in [3.8, 4) is 17.6 Å². The molecule has 5 nitrogen and oxygen atoms in total. The molecule has 0 heterocycles. The van der Waals surface area contributed by atoms with Gasteiger partial charge in [-0.25, -0.2) is 0 Å². The summed E-state index contributed by atoms with van der Waals surface area (Å²) in [5.74, 6) is 0.611. The van der Waals surface area contributed by atoms with Crippen molar-refractivity contribution in [3.05, 3.63) is 105 Å². The van der Waals surface area contributed by atoms with Gasteiger partial charge in [0.1, 0.15) is 18.2 Å². The fourth-order valence-electron chi connectivity index (χ4n) is 4.09. The third-order valence-corrected chi connectivity index (χ3v) is 6.51. The maximum absolute atomic E-state index is 12.8. The lowest BCUT2D eigenvalue weighted by atomic mass is 10.0. The van der Waals surface area contributed by atoms with Gasteiger partial charge >= 0.3 is 0 Å². The first-order chi connectivity index (χ1) is 17.9. The lowest BCUT2D eigenvalue weighted by Gasteiger charge is -2.17. The van der Waals surface area contributed by atoms with Crippen molar-refractivity contribution in [2.45, 2.75) is 27.4 Å². The van der Waals surface area contributed by atoms with Gasteiger partial charge in [-0.2, -0.15) is 5.26 Å². The van der Waals surface area contributed by atoms with E-state index < -0.39 is 5.91 Å². The fourth-order valence-corrected chi connectivity index (χ4v) is 4.67. The molecule has 0 aliphatic rings. The van der Waals surface area contributed by atoms with Crippen molar-refractivity contribution >= 4 is 44.4 Å². The van der Waals surface area contributed by atoms with Gasteiger partial charge in [0.15, 0.2) is 11.5 Å². The molecule has 186 valence electrons. The molecule has 0 aliphatic carbocycles. The Kier molecular flexibility index (Phi) is 8.27. The second-order valence-electron chi connectivity index (χ2n) is 8.63. The molecule has 4 rings (SSSR count). The van der Waals surface area contributed by atoms with Crippen LogP contribution in [0.15, 0.2) is 82.8 Å². The summed E-state index contributed by atoms with van der Waals surface area (Å²) in [6.07, 6.45) is 1.54. The normalized spacial score (nSPS) is 11.2. The number of halogens is 1. The van der Waals surface area contributed by atoms with Crippen LogP contribution in [0.3, 0.4) is 0 Å². The van der Waals surface area contributed by atoms with Crippen molar-refractivity contribution in [1.82, 2.24) is 0 Å². The van der Waals surface area contributed by atoms with Crippen molar-refractivity contribution in [3.63, 3.8) is 0 Å². The van der Waals surface area contributed by atoms with E-state index in [1.807, 2.05) is 56.3 Å². The van der Waals surface area contributed by atoms with Gasteiger partial charge in [0.2, 0.25) is 0 Å². The molecule has 0 atom stereocenters. The zero-order chi connectivity index (χ0) is 26.4. The van der Waals surface area contributed by atoms with Crippen LogP contribution in [0.25, 0.3) is 16.8 Å². The van der Waals surface area contributed by atoms with Gasteiger partial charge < -0.3 is 14.8 Å². The molecular weight excluding hydrogens is 528 g/mol. The predicted octanol–water partition coefficient (Wildman–Crippen LogP) is 7.74. The van der Waals surface area contributed by atoms with Gasteiger partial charge in [0, 0.05) is 11.3 Å². The Balaban J connectivity index is 1.62. The molecule has 0 fully saturated rings. The van der Waals surface area contributed by atoms with Crippen LogP contribution in [0.5, 0.6) is 11.5 Å². The number of nitrogens with zero attached hydrogens (tertiary/aromatic N) is 1. The Morgan fingerprint density at radius 2 is 1.84 bits per heavy atom. The lowest BCUT2D eigenvalue weighted by Crippen LogP contribution is -2.13. The Bertz CT molecular complexity index is 1540. The van der Waals surface area contributed by atoms with Crippen LogP contribution < -0.4 is 14.8 Å². The average molecular weight is 555 g/mol. The van der Waals surface area contributed by atoms with Crippen LogP contribution in [0.2, 0.25) is 0 Å². The number of fused-ring (bicyclic) bond motifs is 1. The van der Waals surface area contributed by atoms with Gasteiger partial charge in [-0.15, -0.1) is 0 Å². The van der Waals surface area contributed by atoms with E-state index in [9.17, 15) is 10.1 Å².